The largest absolute Gasteiger partial charge is 0.481 e. The van der Waals surface area contributed by atoms with Gasteiger partial charge >= 0.3 is 0 Å². The lowest BCUT2D eigenvalue weighted by Crippen LogP contribution is -2.30. The molecule has 0 aromatic heterocycles. The molecule has 2 rings (SSSR count). The van der Waals surface area contributed by atoms with E-state index >= 15 is 0 Å². The molecule has 23 heavy (non-hydrogen) atoms. The maximum Gasteiger partial charge on any atom is 0.265 e. The van der Waals surface area contributed by atoms with Crippen LogP contribution in [0.3, 0.4) is 0 Å². The highest BCUT2D eigenvalue weighted by Crippen LogP contribution is 2.16. The first-order chi connectivity index (χ1) is 10.7. The molecule has 0 aliphatic rings. The highest BCUT2D eigenvalue weighted by Gasteiger charge is 2.15. The molecule has 0 bridgehead atoms. The van der Waals surface area contributed by atoms with Gasteiger partial charge in [-0.2, -0.15) is 0 Å². The minimum Gasteiger partial charge on any atom is -0.481 e. The quantitative estimate of drug-likeness (QED) is 0.813. The van der Waals surface area contributed by atoms with Crippen LogP contribution in [0.2, 0.25) is 0 Å². The van der Waals surface area contributed by atoms with Gasteiger partial charge in [0.2, 0.25) is 0 Å². The summed E-state index contributed by atoms with van der Waals surface area (Å²) in [6.07, 6.45) is -0.561. The molecule has 0 saturated heterocycles. The van der Waals surface area contributed by atoms with Gasteiger partial charge in [-0.15, -0.1) is 12.4 Å². The van der Waals surface area contributed by atoms with Crippen molar-refractivity contribution in [2.45, 2.75) is 26.5 Å². The minimum atomic E-state index is -0.561. The second-order valence-corrected chi connectivity index (χ2v) is 5.00. The number of nitrogens with one attached hydrogen (secondary N) is 2. The Morgan fingerprint density at radius 2 is 1.74 bits per heavy atom. The first-order valence-corrected chi connectivity index (χ1v) is 7.52. The van der Waals surface area contributed by atoms with Gasteiger partial charge in [0, 0.05) is 12.2 Å². The number of carbonyl (C=O) groups excluding carboxylic acids is 1. The topological polar surface area (TPSA) is 50.4 Å². The number of rotatable bonds is 7. The van der Waals surface area contributed by atoms with E-state index in [1.807, 2.05) is 54.6 Å². The van der Waals surface area contributed by atoms with Gasteiger partial charge in [0.05, 0.1) is 0 Å². The van der Waals surface area contributed by atoms with Gasteiger partial charge in [-0.25, -0.2) is 0 Å². The van der Waals surface area contributed by atoms with E-state index in [9.17, 15) is 4.79 Å². The highest BCUT2D eigenvalue weighted by molar-refractivity contribution is 5.94. The average molecular weight is 335 g/mol. The van der Waals surface area contributed by atoms with Crippen molar-refractivity contribution in [2.24, 2.45) is 0 Å². The van der Waals surface area contributed by atoms with Crippen LogP contribution in [0, 0.1) is 0 Å². The van der Waals surface area contributed by atoms with E-state index in [0.717, 1.165) is 24.3 Å². The summed E-state index contributed by atoms with van der Waals surface area (Å²) < 4.78 is 5.64. The fraction of sp³-hybridized carbons (Fsp3) is 0.278. The van der Waals surface area contributed by atoms with Crippen molar-refractivity contribution in [1.29, 1.82) is 0 Å². The van der Waals surface area contributed by atoms with Crippen molar-refractivity contribution in [1.82, 2.24) is 5.32 Å². The minimum absolute atomic E-state index is 0. The zero-order valence-corrected chi connectivity index (χ0v) is 14.2. The Kier molecular flexibility index (Phi) is 8.16. The molecule has 2 aromatic rings. The Labute approximate surface area is 143 Å². The van der Waals surface area contributed by atoms with Gasteiger partial charge in [-0.3, -0.25) is 4.79 Å². The molecular formula is C18H23ClN2O2. The van der Waals surface area contributed by atoms with Crippen LogP contribution in [-0.2, 0) is 11.3 Å². The third kappa shape index (κ3) is 5.93. The molecule has 4 nitrogen and oxygen atoms in total. The fourth-order valence-corrected chi connectivity index (χ4v) is 2.05. The maximum absolute atomic E-state index is 12.3. The predicted octanol–water partition coefficient (Wildman–Crippen LogP) is 3.62. The summed E-state index contributed by atoms with van der Waals surface area (Å²) in [5.74, 6) is 0.527. The number of benzene rings is 2. The van der Waals surface area contributed by atoms with E-state index < -0.39 is 6.10 Å². The summed E-state index contributed by atoms with van der Waals surface area (Å²) >= 11 is 0. The number of carbonyl (C=O) groups is 1. The van der Waals surface area contributed by atoms with Gasteiger partial charge in [0.1, 0.15) is 5.75 Å². The highest BCUT2D eigenvalue weighted by atomic mass is 35.5. The molecular weight excluding hydrogens is 312 g/mol. The lowest BCUT2D eigenvalue weighted by atomic mass is 10.1. The van der Waals surface area contributed by atoms with Crippen LogP contribution in [0.1, 0.15) is 19.4 Å². The van der Waals surface area contributed by atoms with Crippen molar-refractivity contribution in [3.8, 4) is 5.75 Å². The molecule has 1 amide bonds. The van der Waals surface area contributed by atoms with E-state index in [-0.39, 0.29) is 18.3 Å². The van der Waals surface area contributed by atoms with Crippen molar-refractivity contribution in [3.63, 3.8) is 0 Å². The summed E-state index contributed by atoms with van der Waals surface area (Å²) in [6, 6.07) is 17.1. The standard InChI is InChI=1S/C18H22N2O2.ClH/c1-3-19-13-15-9-7-8-12-17(15)20-18(21)14(2)22-16-10-5-4-6-11-16;/h4-12,14,19H,3,13H2,1-2H3,(H,20,21);1H. The Morgan fingerprint density at radius 3 is 2.43 bits per heavy atom. The van der Waals surface area contributed by atoms with Gasteiger partial charge in [0.25, 0.3) is 5.91 Å². The molecule has 124 valence electrons. The molecule has 5 heteroatoms. The van der Waals surface area contributed by atoms with Crippen LogP contribution in [-0.4, -0.2) is 18.6 Å². The number of hydrogen-bond donors (Lipinski definition) is 2. The molecule has 0 aliphatic heterocycles. The molecule has 2 N–H and O–H groups in total. The average Bonchev–Trinajstić information content (AvgIpc) is 2.55. The van der Waals surface area contributed by atoms with E-state index in [1.54, 1.807) is 6.92 Å². The Morgan fingerprint density at radius 1 is 1.09 bits per heavy atom. The first-order valence-electron chi connectivity index (χ1n) is 7.52. The number of hydrogen-bond acceptors (Lipinski definition) is 3. The lowest BCUT2D eigenvalue weighted by Gasteiger charge is -2.16. The number of anilines is 1. The second-order valence-electron chi connectivity index (χ2n) is 5.00. The molecule has 0 aliphatic carbocycles. The van der Waals surface area contributed by atoms with Crippen LogP contribution < -0.4 is 15.4 Å². The summed E-state index contributed by atoms with van der Waals surface area (Å²) in [4.78, 5) is 12.3. The third-order valence-electron chi connectivity index (χ3n) is 3.27. The van der Waals surface area contributed by atoms with E-state index in [2.05, 4.69) is 17.6 Å². The van der Waals surface area contributed by atoms with Crippen LogP contribution >= 0.6 is 12.4 Å². The summed E-state index contributed by atoms with van der Waals surface area (Å²) in [7, 11) is 0. The van der Waals surface area contributed by atoms with Crippen molar-refractivity contribution >= 4 is 24.0 Å². The van der Waals surface area contributed by atoms with Crippen LogP contribution in [0.5, 0.6) is 5.75 Å². The maximum atomic E-state index is 12.3. The van der Waals surface area contributed by atoms with E-state index in [1.165, 1.54) is 0 Å². The molecule has 0 spiro atoms. The molecule has 0 heterocycles. The van der Waals surface area contributed by atoms with Crippen LogP contribution in [0.25, 0.3) is 0 Å². The van der Waals surface area contributed by atoms with Gasteiger partial charge in [-0.05, 0) is 37.2 Å². The summed E-state index contributed by atoms with van der Waals surface area (Å²) in [5, 5.41) is 6.20. The first kappa shape index (κ1) is 19.0. The monoisotopic (exact) mass is 334 g/mol. The number of ether oxygens (including phenoxy) is 1. The zero-order valence-electron chi connectivity index (χ0n) is 13.4. The molecule has 1 unspecified atom stereocenters. The SMILES string of the molecule is CCNCc1ccccc1NC(=O)C(C)Oc1ccccc1.Cl. The molecule has 1 atom stereocenters. The summed E-state index contributed by atoms with van der Waals surface area (Å²) in [5.41, 5.74) is 1.88. The number of para-hydroxylation sites is 2. The zero-order chi connectivity index (χ0) is 15.8. The van der Waals surface area contributed by atoms with Gasteiger partial charge in [-0.1, -0.05) is 43.3 Å². The van der Waals surface area contributed by atoms with Crippen molar-refractivity contribution in [2.75, 3.05) is 11.9 Å². The van der Waals surface area contributed by atoms with Gasteiger partial charge in [0.15, 0.2) is 6.10 Å². The van der Waals surface area contributed by atoms with Crippen molar-refractivity contribution < 1.29 is 9.53 Å². The van der Waals surface area contributed by atoms with Crippen LogP contribution in [0.15, 0.2) is 54.6 Å². The van der Waals surface area contributed by atoms with E-state index in [0.29, 0.717) is 5.75 Å². The Balaban J connectivity index is 0.00000264. The van der Waals surface area contributed by atoms with Crippen molar-refractivity contribution in [3.05, 3.63) is 60.2 Å². The normalized spacial score (nSPS) is 11.2. The van der Waals surface area contributed by atoms with Crippen LogP contribution in [0.4, 0.5) is 5.69 Å². The Bertz CT molecular complexity index is 605. The fourth-order valence-electron chi connectivity index (χ4n) is 2.05. The predicted molar refractivity (Wildman–Crippen MR) is 96.2 cm³/mol. The third-order valence-corrected chi connectivity index (χ3v) is 3.27. The molecule has 0 saturated carbocycles. The van der Waals surface area contributed by atoms with E-state index in [4.69, 9.17) is 4.74 Å². The molecule has 0 fully saturated rings. The summed E-state index contributed by atoms with van der Waals surface area (Å²) in [6.45, 7) is 5.41. The Hall–Kier alpha value is -2.04. The lowest BCUT2D eigenvalue weighted by molar-refractivity contribution is -0.122. The smallest absolute Gasteiger partial charge is 0.265 e. The number of halogens is 1. The van der Waals surface area contributed by atoms with Gasteiger partial charge < -0.3 is 15.4 Å². The second kappa shape index (κ2) is 9.87. The molecule has 2 aromatic carbocycles. The number of amides is 1. The molecule has 0 radical (unpaired) electrons.